The number of allylic oxidation sites excluding steroid dienone is 17. The zero-order valence-corrected chi connectivity index (χ0v) is 40.0. The van der Waals surface area contributed by atoms with Crippen molar-refractivity contribution in [2.24, 2.45) is 0 Å². The van der Waals surface area contributed by atoms with Crippen molar-refractivity contribution >= 4 is 11.9 Å². The molecule has 0 aromatic rings. The predicted molar refractivity (Wildman–Crippen MR) is 268 cm³/mol. The lowest BCUT2D eigenvalue weighted by atomic mass is 10.0. The summed E-state index contributed by atoms with van der Waals surface area (Å²) >= 11 is 0. The number of unbranched alkanes of at least 4 members (excludes halogenated alkanes) is 18. The third-order valence-electron chi connectivity index (χ3n) is 10.7. The normalized spacial score (nSPS) is 14.2. The van der Waals surface area contributed by atoms with Crippen molar-refractivity contribution in [1.29, 1.82) is 0 Å². The summed E-state index contributed by atoms with van der Waals surface area (Å²) in [6, 6.07) is -0.742. The van der Waals surface area contributed by atoms with E-state index in [-0.39, 0.29) is 24.9 Å². The van der Waals surface area contributed by atoms with Gasteiger partial charge in [-0.1, -0.05) is 233 Å². The summed E-state index contributed by atoms with van der Waals surface area (Å²) in [5, 5.41) is 23.6. The lowest BCUT2D eigenvalue weighted by Crippen LogP contribution is -2.46. The van der Waals surface area contributed by atoms with Crippen LogP contribution in [0.2, 0.25) is 0 Å². The van der Waals surface area contributed by atoms with Crippen LogP contribution in [0.3, 0.4) is 0 Å². The third-order valence-corrected chi connectivity index (χ3v) is 10.7. The van der Waals surface area contributed by atoms with Gasteiger partial charge >= 0.3 is 5.97 Å². The molecular formula is C56H93NO5. The molecule has 0 aliphatic heterocycles. The molecule has 0 radical (unpaired) electrons. The number of aliphatic hydroxyl groups is 2. The molecule has 3 N–H and O–H groups in total. The van der Waals surface area contributed by atoms with Crippen molar-refractivity contribution in [2.75, 3.05) is 6.61 Å². The maximum absolute atomic E-state index is 13.2. The number of nitrogens with one attached hydrogen (secondary N) is 1. The van der Waals surface area contributed by atoms with Crippen LogP contribution in [-0.2, 0) is 14.3 Å². The van der Waals surface area contributed by atoms with Crippen LogP contribution >= 0.6 is 0 Å². The van der Waals surface area contributed by atoms with Crippen molar-refractivity contribution in [3.05, 3.63) is 109 Å². The van der Waals surface area contributed by atoms with Crippen molar-refractivity contribution in [1.82, 2.24) is 5.32 Å². The minimum Gasteiger partial charge on any atom is -0.461 e. The van der Waals surface area contributed by atoms with Gasteiger partial charge in [-0.2, -0.15) is 0 Å². The second-order valence-corrected chi connectivity index (χ2v) is 16.6. The Morgan fingerprint density at radius 2 is 0.952 bits per heavy atom. The molecule has 0 aliphatic carbocycles. The van der Waals surface area contributed by atoms with E-state index in [9.17, 15) is 19.8 Å². The molecule has 0 heterocycles. The fourth-order valence-electron chi connectivity index (χ4n) is 6.85. The molecule has 3 atom stereocenters. The molecule has 6 nitrogen and oxygen atoms in total. The Kier molecular flexibility index (Phi) is 45.8. The number of aliphatic hydroxyl groups excluding tert-OH is 2. The summed E-state index contributed by atoms with van der Waals surface area (Å²) in [5.74, 6) is -0.616. The monoisotopic (exact) mass is 860 g/mol. The number of rotatable bonds is 43. The minimum atomic E-state index is -0.821. The maximum Gasteiger partial charge on any atom is 0.306 e. The minimum absolute atomic E-state index is 0.0159. The molecular weight excluding hydrogens is 767 g/mol. The van der Waals surface area contributed by atoms with Gasteiger partial charge in [-0.3, -0.25) is 9.59 Å². The summed E-state index contributed by atoms with van der Waals surface area (Å²) in [5.41, 5.74) is 0. The molecule has 0 fully saturated rings. The first-order valence-corrected chi connectivity index (χ1v) is 25.2. The number of amides is 1. The van der Waals surface area contributed by atoms with E-state index in [0.29, 0.717) is 19.3 Å². The number of carbonyl (C=O) groups is 2. The quantitative estimate of drug-likeness (QED) is 0.0246. The van der Waals surface area contributed by atoms with Crippen molar-refractivity contribution < 1.29 is 24.5 Å². The standard InChI is InChI=1S/C56H93NO5/c1-4-7-10-13-16-19-22-24-26-27-28-30-32-34-37-40-43-46-49-56(61)62-52(47-44-41-38-35-33-31-29-25-23-20-17-14-11-8-5-2)50-55(60)57-53(51-58)54(59)48-45-42-39-36-21-18-15-12-9-6-3/h10,13,16-17,19-20,22,24-30,33,35,41,44,52-54,58-59H,4-9,11-12,14-15,18,21,23,31-32,34,36-40,42-43,45-51H2,1-3H3,(H,57,60)/b13-10+,19-16+,20-17-,24-22+,27-26+,29-25-,30-28+,35-33-,44-41-. The SMILES string of the molecule is CCC/C=C/C=C/C=C/C=C/C=C/CCCCCCCC(=O)OC(C/C=C\C/C=C\C/C=C\C/C=C\CCCCC)CC(=O)NC(CO)C(O)CCCCCCCCCCCC. The summed E-state index contributed by atoms with van der Waals surface area (Å²) in [4.78, 5) is 26.1. The summed E-state index contributed by atoms with van der Waals surface area (Å²) < 4.78 is 5.85. The number of hydrogen-bond donors (Lipinski definition) is 3. The Bertz CT molecular complexity index is 1280. The Labute approximate surface area is 381 Å². The lowest BCUT2D eigenvalue weighted by Gasteiger charge is -2.24. The van der Waals surface area contributed by atoms with E-state index in [4.69, 9.17) is 4.74 Å². The van der Waals surface area contributed by atoms with Gasteiger partial charge in [0.05, 0.1) is 25.2 Å². The molecule has 0 bridgehead atoms. The first-order valence-electron chi connectivity index (χ1n) is 25.2. The summed E-state index contributed by atoms with van der Waals surface area (Å²) in [6.45, 7) is 6.30. The molecule has 352 valence electrons. The Morgan fingerprint density at radius 3 is 1.53 bits per heavy atom. The highest BCUT2D eigenvalue weighted by atomic mass is 16.5. The number of esters is 1. The molecule has 0 aliphatic rings. The van der Waals surface area contributed by atoms with Crippen LogP contribution in [0.4, 0.5) is 0 Å². The first kappa shape index (κ1) is 58.5. The van der Waals surface area contributed by atoms with Gasteiger partial charge in [-0.05, 0) is 64.2 Å². The van der Waals surface area contributed by atoms with Gasteiger partial charge in [-0.15, -0.1) is 0 Å². The number of ether oxygens (including phenoxy) is 1. The highest BCUT2D eigenvalue weighted by Crippen LogP contribution is 2.15. The zero-order valence-electron chi connectivity index (χ0n) is 40.0. The highest BCUT2D eigenvalue weighted by molar-refractivity contribution is 5.77. The van der Waals surface area contributed by atoms with E-state index in [0.717, 1.165) is 89.9 Å². The number of hydrogen-bond acceptors (Lipinski definition) is 5. The van der Waals surface area contributed by atoms with Crippen LogP contribution in [0, 0.1) is 0 Å². The number of carbonyl (C=O) groups excluding carboxylic acids is 2. The molecule has 0 rings (SSSR count). The van der Waals surface area contributed by atoms with Crippen LogP contribution in [0.15, 0.2) is 109 Å². The largest absolute Gasteiger partial charge is 0.461 e. The van der Waals surface area contributed by atoms with Crippen LogP contribution in [-0.4, -0.2) is 46.9 Å². The predicted octanol–water partition coefficient (Wildman–Crippen LogP) is 15.1. The van der Waals surface area contributed by atoms with Gasteiger partial charge in [0.25, 0.3) is 0 Å². The van der Waals surface area contributed by atoms with Gasteiger partial charge in [0.1, 0.15) is 6.10 Å². The fourth-order valence-corrected chi connectivity index (χ4v) is 6.85. The van der Waals surface area contributed by atoms with Crippen molar-refractivity contribution in [3.63, 3.8) is 0 Å². The lowest BCUT2D eigenvalue weighted by molar-refractivity contribution is -0.150. The van der Waals surface area contributed by atoms with Crippen LogP contribution in [0.1, 0.15) is 207 Å². The van der Waals surface area contributed by atoms with E-state index in [1.807, 2.05) is 36.5 Å². The van der Waals surface area contributed by atoms with Crippen LogP contribution < -0.4 is 5.32 Å². The molecule has 1 amide bonds. The van der Waals surface area contributed by atoms with Gasteiger partial charge in [-0.25, -0.2) is 0 Å². The summed E-state index contributed by atoms with van der Waals surface area (Å²) in [7, 11) is 0. The molecule has 62 heavy (non-hydrogen) atoms. The smallest absolute Gasteiger partial charge is 0.306 e. The maximum atomic E-state index is 13.2. The molecule has 6 heteroatoms. The zero-order chi connectivity index (χ0) is 45.2. The summed E-state index contributed by atoms with van der Waals surface area (Å²) in [6.07, 6.45) is 65.8. The Morgan fingerprint density at radius 1 is 0.500 bits per heavy atom. The van der Waals surface area contributed by atoms with Gasteiger partial charge in [0.15, 0.2) is 0 Å². The first-order chi connectivity index (χ1) is 30.5. The molecule has 0 aromatic carbocycles. The second-order valence-electron chi connectivity index (χ2n) is 16.6. The second kappa shape index (κ2) is 48.6. The topological polar surface area (TPSA) is 95.9 Å². The van der Waals surface area contributed by atoms with Crippen molar-refractivity contribution in [3.8, 4) is 0 Å². The molecule has 0 saturated carbocycles. The van der Waals surface area contributed by atoms with Crippen LogP contribution in [0.25, 0.3) is 0 Å². The van der Waals surface area contributed by atoms with E-state index in [1.165, 1.54) is 70.6 Å². The average Bonchev–Trinajstić information content (AvgIpc) is 3.26. The van der Waals surface area contributed by atoms with Crippen molar-refractivity contribution in [2.45, 2.75) is 225 Å². The van der Waals surface area contributed by atoms with E-state index >= 15 is 0 Å². The average molecular weight is 860 g/mol. The van der Waals surface area contributed by atoms with Gasteiger partial charge in [0, 0.05) is 12.8 Å². The Hall–Kier alpha value is -3.48. The highest BCUT2D eigenvalue weighted by Gasteiger charge is 2.23. The van der Waals surface area contributed by atoms with E-state index < -0.39 is 18.2 Å². The van der Waals surface area contributed by atoms with Gasteiger partial charge in [0.2, 0.25) is 5.91 Å². The van der Waals surface area contributed by atoms with Gasteiger partial charge < -0.3 is 20.3 Å². The Balaban J connectivity index is 4.80. The molecule has 0 spiro atoms. The molecule has 0 saturated heterocycles. The fraction of sp³-hybridized carbons (Fsp3) is 0.643. The molecule has 0 aromatic heterocycles. The van der Waals surface area contributed by atoms with E-state index in [1.54, 1.807) is 0 Å². The van der Waals surface area contributed by atoms with E-state index in [2.05, 4.69) is 99.0 Å². The molecule has 3 unspecified atom stereocenters. The third kappa shape index (κ3) is 43.2. The van der Waals surface area contributed by atoms with Crippen LogP contribution in [0.5, 0.6) is 0 Å².